The third-order valence-electron chi connectivity index (χ3n) is 5.58. The van der Waals surface area contributed by atoms with Crippen LogP contribution in [0.4, 0.5) is 5.69 Å². The molecule has 0 fully saturated rings. The van der Waals surface area contributed by atoms with Crippen LogP contribution in [-0.4, -0.2) is 0 Å². The molecule has 3 atom stereocenters. The van der Waals surface area contributed by atoms with Gasteiger partial charge in [-0.05, 0) is 34.9 Å². The molecule has 3 heteroatoms. The fraction of sp³-hybridized carbons (Fsp3) is 0.182. The molecule has 124 valence electrons. The predicted molar refractivity (Wildman–Crippen MR) is 107 cm³/mol. The van der Waals surface area contributed by atoms with Crippen LogP contribution in [0.3, 0.4) is 0 Å². The Bertz CT molecular complexity index is 1010. The number of nitrogens with one attached hydrogen (secondary N) is 1. The molecule has 0 saturated carbocycles. The van der Waals surface area contributed by atoms with Crippen molar-refractivity contribution < 1.29 is 0 Å². The van der Waals surface area contributed by atoms with Crippen molar-refractivity contribution in [1.82, 2.24) is 0 Å². The minimum atomic E-state index is 0.157. The zero-order valence-corrected chi connectivity index (χ0v) is 15.1. The van der Waals surface area contributed by atoms with Crippen LogP contribution in [0.5, 0.6) is 0 Å². The minimum absolute atomic E-state index is 0.157. The fourth-order valence-electron chi connectivity index (χ4n) is 4.41. The first kappa shape index (κ1) is 15.3. The van der Waals surface area contributed by atoms with E-state index in [1.807, 2.05) is 12.1 Å². The summed E-state index contributed by atoms with van der Waals surface area (Å²) in [5.74, 6) is 0.880. The van der Waals surface area contributed by atoms with Gasteiger partial charge in [0.2, 0.25) is 0 Å². The number of hydrogen-bond acceptors (Lipinski definition) is 1. The average Bonchev–Trinajstić information content (AvgIpc) is 3.13. The van der Waals surface area contributed by atoms with Gasteiger partial charge >= 0.3 is 0 Å². The average molecular weight is 366 g/mol. The fourth-order valence-corrected chi connectivity index (χ4v) is 4.83. The van der Waals surface area contributed by atoms with E-state index in [0.29, 0.717) is 21.9 Å². The summed E-state index contributed by atoms with van der Waals surface area (Å²) < 4.78 is 0. The van der Waals surface area contributed by atoms with Crippen LogP contribution in [0.25, 0.3) is 10.8 Å². The standard InChI is InChI=1S/C22H17Cl2N/c23-19-10-4-9-18(20(19)24)22-16-8-3-7-15(16)17-12-11-13-5-1-2-6-14(13)21(17)25-22/h1-7,9-12,15-16,22,25H,8H2/t15-,16-,22-/m1/s1. The van der Waals surface area contributed by atoms with Gasteiger partial charge in [0, 0.05) is 17.0 Å². The Kier molecular flexibility index (Phi) is 3.55. The molecule has 1 aliphatic heterocycles. The van der Waals surface area contributed by atoms with Gasteiger partial charge in [0.25, 0.3) is 0 Å². The molecule has 0 bridgehead atoms. The number of rotatable bonds is 1. The van der Waals surface area contributed by atoms with Gasteiger partial charge in [-0.1, -0.05) is 83.9 Å². The van der Waals surface area contributed by atoms with E-state index < -0.39 is 0 Å². The lowest BCUT2D eigenvalue weighted by molar-refractivity contribution is 0.426. The molecule has 25 heavy (non-hydrogen) atoms. The first-order chi connectivity index (χ1) is 12.2. The summed E-state index contributed by atoms with van der Waals surface area (Å²) in [6.07, 6.45) is 5.70. The first-order valence-electron chi connectivity index (χ1n) is 8.63. The minimum Gasteiger partial charge on any atom is -0.377 e. The van der Waals surface area contributed by atoms with Crippen molar-refractivity contribution in [2.45, 2.75) is 18.4 Å². The lowest BCUT2D eigenvalue weighted by Gasteiger charge is -2.38. The van der Waals surface area contributed by atoms with Gasteiger partial charge in [-0.25, -0.2) is 0 Å². The number of hydrogen-bond donors (Lipinski definition) is 1. The molecule has 0 saturated heterocycles. The number of fused-ring (bicyclic) bond motifs is 5. The van der Waals surface area contributed by atoms with Crippen molar-refractivity contribution in [2.75, 3.05) is 5.32 Å². The van der Waals surface area contributed by atoms with Gasteiger partial charge in [0.05, 0.1) is 16.1 Å². The highest BCUT2D eigenvalue weighted by Crippen LogP contribution is 2.52. The summed E-state index contributed by atoms with van der Waals surface area (Å²) in [4.78, 5) is 0. The quantitative estimate of drug-likeness (QED) is 0.459. The molecular weight excluding hydrogens is 349 g/mol. The Labute approximate surface area is 157 Å². The summed E-state index contributed by atoms with van der Waals surface area (Å²) >= 11 is 12.9. The Hall–Kier alpha value is -1.96. The smallest absolute Gasteiger partial charge is 0.0645 e. The molecule has 0 unspecified atom stereocenters. The second-order valence-electron chi connectivity index (χ2n) is 6.87. The van der Waals surface area contributed by atoms with Crippen LogP contribution in [0, 0.1) is 5.92 Å². The molecule has 1 heterocycles. The van der Waals surface area contributed by atoms with Crippen molar-refractivity contribution in [3.63, 3.8) is 0 Å². The zero-order chi connectivity index (χ0) is 17.0. The van der Waals surface area contributed by atoms with Crippen molar-refractivity contribution in [1.29, 1.82) is 0 Å². The van der Waals surface area contributed by atoms with Crippen molar-refractivity contribution in [2.24, 2.45) is 5.92 Å². The highest BCUT2D eigenvalue weighted by molar-refractivity contribution is 6.42. The topological polar surface area (TPSA) is 12.0 Å². The van der Waals surface area contributed by atoms with Crippen LogP contribution in [0.15, 0.2) is 66.7 Å². The van der Waals surface area contributed by atoms with E-state index in [0.717, 1.165) is 12.0 Å². The van der Waals surface area contributed by atoms with Gasteiger partial charge < -0.3 is 5.32 Å². The van der Waals surface area contributed by atoms with Crippen molar-refractivity contribution >= 4 is 39.7 Å². The molecule has 5 rings (SSSR count). The monoisotopic (exact) mass is 365 g/mol. The van der Waals surface area contributed by atoms with Crippen LogP contribution in [0.2, 0.25) is 10.0 Å². The maximum absolute atomic E-state index is 6.57. The van der Waals surface area contributed by atoms with Crippen LogP contribution in [-0.2, 0) is 0 Å². The molecule has 0 amide bonds. The molecule has 0 radical (unpaired) electrons. The normalized spacial score (nSPS) is 24.0. The Balaban J connectivity index is 1.72. The van der Waals surface area contributed by atoms with Gasteiger partial charge in [-0.3, -0.25) is 0 Å². The van der Waals surface area contributed by atoms with E-state index in [1.165, 1.54) is 22.0 Å². The second-order valence-corrected chi connectivity index (χ2v) is 7.65. The number of benzene rings is 3. The van der Waals surface area contributed by atoms with Gasteiger partial charge in [0.15, 0.2) is 0 Å². The molecule has 0 aromatic heterocycles. The molecule has 1 nitrogen and oxygen atoms in total. The maximum atomic E-state index is 6.57. The van der Waals surface area contributed by atoms with E-state index in [4.69, 9.17) is 23.2 Å². The highest BCUT2D eigenvalue weighted by Gasteiger charge is 2.39. The Morgan fingerprint density at radius 2 is 1.76 bits per heavy atom. The molecule has 1 N–H and O–H groups in total. The van der Waals surface area contributed by atoms with Crippen LogP contribution >= 0.6 is 23.2 Å². The SMILES string of the molecule is Clc1cccc([C@@H]2Nc3c(ccc4ccccc34)[C@@H]3C=CC[C@H]32)c1Cl. The van der Waals surface area contributed by atoms with E-state index >= 15 is 0 Å². The van der Waals surface area contributed by atoms with E-state index in [1.54, 1.807) is 0 Å². The lowest BCUT2D eigenvalue weighted by atomic mass is 9.76. The number of allylic oxidation sites excluding steroid dienone is 2. The molecule has 1 aliphatic carbocycles. The molecule has 0 spiro atoms. The summed E-state index contributed by atoms with van der Waals surface area (Å²) in [5, 5.41) is 7.61. The third-order valence-corrected chi connectivity index (χ3v) is 6.41. The van der Waals surface area contributed by atoms with Gasteiger partial charge in [0.1, 0.15) is 0 Å². The highest BCUT2D eigenvalue weighted by atomic mass is 35.5. The van der Waals surface area contributed by atoms with E-state index in [-0.39, 0.29) is 6.04 Å². The second kappa shape index (κ2) is 5.79. The summed E-state index contributed by atoms with van der Waals surface area (Å²) in [5.41, 5.74) is 3.70. The largest absolute Gasteiger partial charge is 0.377 e. The molecule has 3 aromatic rings. The molecular formula is C22H17Cl2N. The van der Waals surface area contributed by atoms with E-state index in [2.05, 4.69) is 59.9 Å². The lowest BCUT2D eigenvalue weighted by Crippen LogP contribution is -2.29. The van der Waals surface area contributed by atoms with Crippen molar-refractivity contribution in [3.8, 4) is 0 Å². The zero-order valence-electron chi connectivity index (χ0n) is 13.5. The Morgan fingerprint density at radius 3 is 2.68 bits per heavy atom. The first-order valence-corrected chi connectivity index (χ1v) is 9.38. The summed E-state index contributed by atoms with van der Waals surface area (Å²) in [7, 11) is 0. The maximum Gasteiger partial charge on any atom is 0.0645 e. The molecule has 2 aliphatic rings. The van der Waals surface area contributed by atoms with E-state index in [9.17, 15) is 0 Å². The summed E-state index contributed by atoms with van der Waals surface area (Å²) in [6, 6.07) is 19.1. The number of anilines is 1. The van der Waals surface area contributed by atoms with Crippen molar-refractivity contribution in [3.05, 3.63) is 87.9 Å². The Morgan fingerprint density at radius 1 is 0.880 bits per heavy atom. The van der Waals surface area contributed by atoms with Crippen LogP contribution in [0.1, 0.15) is 29.5 Å². The van der Waals surface area contributed by atoms with Gasteiger partial charge in [-0.15, -0.1) is 0 Å². The van der Waals surface area contributed by atoms with Crippen LogP contribution < -0.4 is 5.32 Å². The van der Waals surface area contributed by atoms with Gasteiger partial charge in [-0.2, -0.15) is 0 Å². The predicted octanol–water partition coefficient (Wildman–Crippen LogP) is 6.97. The number of halogens is 2. The summed E-state index contributed by atoms with van der Waals surface area (Å²) in [6.45, 7) is 0. The third kappa shape index (κ3) is 2.30. The molecule has 3 aromatic carbocycles.